The van der Waals surface area contributed by atoms with Crippen LogP contribution in [0.4, 0.5) is 0 Å². The van der Waals surface area contributed by atoms with E-state index in [0.717, 1.165) is 0 Å². The first-order valence-corrected chi connectivity index (χ1v) is 28.8. The third-order valence-corrected chi connectivity index (χ3v) is 13.5. The Morgan fingerprint density at radius 2 is 0.628 bits per heavy atom. The van der Waals surface area contributed by atoms with Crippen LogP contribution in [0.2, 0.25) is 0 Å². The lowest BCUT2D eigenvalue weighted by molar-refractivity contribution is -0.359. The highest BCUT2D eigenvalue weighted by Gasteiger charge is 2.59. The lowest BCUT2D eigenvalue weighted by Crippen LogP contribution is -2.68. The van der Waals surface area contributed by atoms with Gasteiger partial charge in [0, 0.05) is 0 Å². The van der Waals surface area contributed by atoms with Crippen LogP contribution < -0.4 is 0 Å². The minimum atomic E-state index is -1.89. The first-order chi connectivity index (χ1) is 40.0. The minimum Gasteiger partial charge on any atom is -0.463 e. The van der Waals surface area contributed by atoms with Gasteiger partial charge in [0.05, 0.1) is 60.6 Å². The molecular formula is C56H92O30. The number of hydrogen-bond donors (Lipinski definition) is 8. The summed E-state index contributed by atoms with van der Waals surface area (Å²) in [4.78, 5) is 106. The van der Waals surface area contributed by atoms with Crippen molar-refractivity contribution in [2.24, 2.45) is 47.3 Å². The molecule has 4 aliphatic heterocycles. The Balaban J connectivity index is 0.000000696. The van der Waals surface area contributed by atoms with Crippen LogP contribution in [0, 0.1) is 47.3 Å². The smallest absolute Gasteiger partial charge is 0.310 e. The van der Waals surface area contributed by atoms with Gasteiger partial charge in [0.2, 0.25) is 12.4 Å². The molecule has 0 amide bonds. The molecule has 8 N–H and O–H groups in total. The summed E-state index contributed by atoms with van der Waals surface area (Å²) in [7, 11) is 0. The van der Waals surface area contributed by atoms with Crippen LogP contribution in [0.1, 0.15) is 111 Å². The van der Waals surface area contributed by atoms with Crippen LogP contribution in [0.3, 0.4) is 0 Å². The quantitative estimate of drug-likeness (QED) is 0.0418. The van der Waals surface area contributed by atoms with Crippen molar-refractivity contribution < 1.29 is 146 Å². The highest BCUT2D eigenvalue weighted by Crippen LogP contribution is 2.38. The fraction of sp³-hybridized carbons (Fsp3) is 0.857. The Morgan fingerprint density at radius 1 is 0.302 bits per heavy atom. The fourth-order valence-electron chi connectivity index (χ4n) is 8.04. The number of carbonyl (C=O) groups is 8. The average molecular weight is 1250 g/mol. The number of carbonyl (C=O) groups excluding carboxylic acids is 8. The Kier molecular flexibility index (Phi) is 30.0. The third kappa shape index (κ3) is 20.6. The number of esters is 8. The molecule has 4 saturated heterocycles. The maximum Gasteiger partial charge on any atom is 0.310 e. The highest BCUT2D eigenvalue weighted by molar-refractivity contribution is 5.75. The third-order valence-electron chi connectivity index (χ3n) is 13.5. The van der Waals surface area contributed by atoms with Crippen molar-refractivity contribution >= 4 is 47.8 Å². The van der Waals surface area contributed by atoms with Gasteiger partial charge in [-0.2, -0.15) is 0 Å². The molecular weight excluding hydrogens is 1150 g/mol. The number of aliphatic hydroxyl groups excluding tert-OH is 8. The number of hydrogen-bond acceptors (Lipinski definition) is 30. The standard InChI is InChI=1S/C44H70O19.C12H22O11/c1-19(2)35(45)53-17-27-29(57-37(47)21(5)6)31(58-38(48)22(7)8)33(60-40(50)24(11)12)43(55-27)62-30-28(18-54-36(46)20(3)4)56-44(63-42(52)26(15)16)34(61-41(51)25(13)14)32(30)59-39(49)23(9)10;13-1-3-5(15)6(16)9(19)12(22-3)23-10-4(2-14)21-11(20)8(18)7(10)17/h19-34,43-44H,17-18H2,1-16H3;3-20H,1-2H2/t27?,28?,29-,30+,31-,32-,33?,34?,43-,44?;3?,4?,5-,6-,7+,8?,9?,10+,11+,12-/m00/s1. The van der Waals surface area contributed by atoms with E-state index in [9.17, 15) is 74.1 Å². The SMILES string of the molecule is CC(C)C(=O)OCC1OC(OC(=O)C(C)C)C(OC(=O)C(C)C)[C@@H](OC(=O)C(C)C)[C@@H]1O[C@@H]1OC(COC(=O)C(C)C)[C@H](OC(=O)C(C)C)[C@H](OC(=O)C(C)C)C1OC(=O)C(C)C.OCC1O[C@@H](O)C(O)[C@@H](O)[C@@H]1O[C@@H]1OC(CO)[C@H](O)[C@H](O)C1O. The first kappa shape index (κ1) is 75.4. The zero-order chi connectivity index (χ0) is 65.5. The minimum absolute atomic E-state index is 0.599. The van der Waals surface area contributed by atoms with E-state index in [4.69, 9.17) is 71.4 Å². The second-order valence-electron chi connectivity index (χ2n) is 23.7. The summed E-state index contributed by atoms with van der Waals surface area (Å²) >= 11 is 0. The number of aliphatic hydroxyl groups is 8. The molecule has 20 atom stereocenters. The van der Waals surface area contributed by atoms with Gasteiger partial charge in [0.15, 0.2) is 43.3 Å². The van der Waals surface area contributed by atoms with Crippen molar-refractivity contribution in [1.29, 1.82) is 0 Å². The maximum absolute atomic E-state index is 13.6. The van der Waals surface area contributed by atoms with Crippen molar-refractivity contribution in [2.75, 3.05) is 26.4 Å². The van der Waals surface area contributed by atoms with Crippen molar-refractivity contribution in [3.63, 3.8) is 0 Å². The van der Waals surface area contributed by atoms with Crippen LogP contribution in [0.15, 0.2) is 0 Å². The normalized spacial score (nSPS) is 33.0. The zero-order valence-electron chi connectivity index (χ0n) is 51.6. The number of ether oxygens (including phenoxy) is 14. The molecule has 4 heterocycles. The summed E-state index contributed by atoms with van der Waals surface area (Å²) in [6.45, 7) is 22.3. The first-order valence-electron chi connectivity index (χ1n) is 28.8. The van der Waals surface area contributed by atoms with Crippen LogP contribution in [-0.2, 0) is 105 Å². The predicted molar refractivity (Wildman–Crippen MR) is 287 cm³/mol. The zero-order valence-corrected chi connectivity index (χ0v) is 51.6. The van der Waals surface area contributed by atoms with E-state index in [0.29, 0.717) is 0 Å². The van der Waals surface area contributed by atoms with E-state index in [2.05, 4.69) is 0 Å². The lowest BCUT2D eigenvalue weighted by Gasteiger charge is -2.49. The average Bonchev–Trinajstić information content (AvgIpc) is 1.01. The molecule has 4 aliphatic rings. The summed E-state index contributed by atoms with van der Waals surface area (Å²) in [5.74, 6) is -12.0. The molecule has 0 spiro atoms. The molecule has 0 bridgehead atoms. The van der Waals surface area contributed by atoms with E-state index in [1.54, 1.807) is 69.2 Å². The van der Waals surface area contributed by atoms with Gasteiger partial charge >= 0.3 is 47.8 Å². The number of rotatable bonds is 24. The van der Waals surface area contributed by atoms with Crippen LogP contribution >= 0.6 is 0 Å². The molecule has 30 nitrogen and oxygen atoms in total. The molecule has 9 unspecified atom stereocenters. The van der Waals surface area contributed by atoms with Crippen molar-refractivity contribution in [1.82, 2.24) is 0 Å². The molecule has 0 aromatic heterocycles. The van der Waals surface area contributed by atoms with Crippen molar-refractivity contribution in [3.8, 4) is 0 Å². The molecule has 4 rings (SSSR count). The summed E-state index contributed by atoms with van der Waals surface area (Å²) in [5.41, 5.74) is 0. The summed E-state index contributed by atoms with van der Waals surface area (Å²) in [5, 5.41) is 76.5. The largest absolute Gasteiger partial charge is 0.463 e. The van der Waals surface area contributed by atoms with Gasteiger partial charge in [0.1, 0.15) is 80.4 Å². The van der Waals surface area contributed by atoms with E-state index < -0.39 is 244 Å². The molecule has 30 heteroatoms. The Bertz CT molecular complexity index is 2200. The van der Waals surface area contributed by atoms with Crippen LogP contribution in [-0.4, -0.2) is 238 Å². The molecule has 0 aromatic rings. The Hall–Kier alpha value is -4.80. The van der Waals surface area contributed by atoms with Gasteiger partial charge in [-0.05, 0) is 0 Å². The second kappa shape index (κ2) is 34.2. The van der Waals surface area contributed by atoms with Crippen molar-refractivity contribution in [3.05, 3.63) is 0 Å². The fourth-order valence-corrected chi connectivity index (χ4v) is 8.04. The Morgan fingerprint density at radius 3 is 1.03 bits per heavy atom. The predicted octanol–water partition coefficient (Wildman–Crippen LogP) is -1.14. The van der Waals surface area contributed by atoms with E-state index in [1.807, 2.05) is 0 Å². The van der Waals surface area contributed by atoms with Gasteiger partial charge in [-0.25, -0.2) is 0 Å². The highest BCUT2D eigenvalue weighted by atomic mass is 16.8. The Labute approximate surface area is 499 Å². The van der Waals surface area contributed by atoms with Crippen LogP contribution in [0.25, 0.3) is 0 Å². The summed E-state index contributed by atoms with van der Waals surface area (Å²) in [6, 6.07) is 0. The van der Waals surface area contributed by atoms with Gasteiger partial charge in [0.25, 0.3) is 0 Å². The maximum atomic E-state index is 13.6. The molecule has 86 heavy (non-hydrogen) atoms. The van der Waals surface area contributed by atoms with Gasteiger partial charge < -0.3 is 107 Å². The topological polar surface area (TPSA) is 428 Å². The van der Waals surface area contributed by atoms with E-state index in [-0.39, 0.29) is 0 Å². The van der Waals surface area contributed by atoms with E-state index >= 15 is 0 Å². The summed E-state index contributed by atoms with van der Waals surface area (Å²) in [6.07, 6.45) is -32.4. The van der Waals surface area contributed by atoms with Crippen molar-refractivity contribution in [2.45, 2.75) is 234 Å². The molecule has 0 aromatic carbocycles. The second-order valence-corrected chi connectivity index (χ2v) is 23.7. The molecule has 0 saturated carbocycles. The molecule has 496 valence electrons. The molecule has 0 aliphatic carbocycles. The molecule has 4 fully saturated rings. The van der Waals surface area contributed by atoms with Crippen LogP contribution in [0.5, 0.6) is 0 Å². The summed E-state index contributed by atoms with van der Waals surface area (Å²) < 4.78 is 81.2. The monoisotopic (exact) mass is 1240 g/mol. The van der Waals surface area contributed by atoms with Gasteiger partial charge in [-0.1, -0.05) is 111 Å². The lowest BCUT2D eigenvalue weighted by atomic mass is 9.95. The van der Waals surface area contributed by atoms with Gasteiger partial charge in [-0.15, -0.1) is 0 Å². The van der Waals surface area contributed by atoms with Gasteiger partial charge in [-0.3, -0.25) is 38.4 Å². The van der Waals surface area contributed by atoms with E-state index in [1.165, 1.54) is 41.5 Å². The molecule has 0 radical (unpaired) electrons.